The molecule has 1 aliphatic rings. The molecule has 2 aromatic rings. The van der Waals surface area contributed by atoms with Crippen molar-refractivity contribution in [2.75, 3.05) is 18.0 Å². The largest absolute Gasteiger partial charge is 0.355 e. The lowest BCUT2D eigenvalue weighted by Gasteiger charge is -2.25. The lowest BCUT2D eigenvalue weighted by atomic mass is 10.1. The number of rotatable bonds is 7. The molecular formula is C21H25N3O4S. The van der Waals surface area contributed by atoms with Crippen LogP contribution in [-0.2, 0) is 31.8 Å². The number of sulfonamides is 1. The Kier molecular flexibility index (Phi) is 6.66. The lowest BCUT2D eigenvalue weighted by molar-refractivity contribution is -0.124. The number of nitrogens with zero attached hydrogens (tertiary/aromatic N) is 1. The first-order valence-electron chi connectivity index (χ1n) is 9.59. The van der Waals surface area contributed by atoms with Crippen LogP contribution in [0.4, 0.5) is 5.69 Å². The second-order valence-corrected chi connectivity index (χ2v) is 8.71. The van der Waals surface area contributed by atoms with Gasteiger partial charge < -0.3 is 10.2 Å². The molecule has 0 bridgehead atoms. The van der Waals surface area contributed by atoms with E-state index in [-0.39, 0.29) is 18.2 Å². The fraction of sp³-hybridized carbons (Fsp3) is 0.333. The van der Waals surface area contributed by atoms with Crippen LogP contribution in [0.1, 0.15) is 24.5 Å². The molecular weight excluding hydrogens is 390 g/mol. The predicted octanol–water partition coefficient (Wildman–Crippen LogP) is 1.59. The highest BCUT2D eigenvalue weighted by Gasteiger charge is 2.33. The summed E-state index contributed by atoms with van der Waals surface area (Å²) in [6.45, 7) is 2.10. The molecule has 7 nitrogen and oxygen atoms in total. The number of carbonyl (C=O) groups excluding carboxylic acids is 2. The summed E-state index contributed by atoms with van der Waals surface area (Å²) in [5.74, 6) is -0.915. The van der Waals surface area contributed by atoms with E-state index in [4.69, 9.17) is 0 Å². The van der Waals surface area contributed by atoms with Crippen molar-refractivity contribution in [1.29, 1.82) is 0 Å². The average molecular weight is 416 g/mol. The van der Waals surface area contributed by atoms with Gasteiger partial charge in [0.25, 0.3) is 0 Å². The fourth-order valence-electron chi connectivity index (χ4n) is 3.44. The van der Waals surface area contributed by atoms with Crippen molar-refractivity contribution in [3.8, 4) is 0 Å². The van der Waals surface area contributed by atoms with Crippen molar-refractivity contribution in [2.24, 2.45) is 0 Å². The van der Waals surface area contributed by atoms with Crippen molar-refractivity contribution in [2.45, 2.75) is 31.6 Å². The maximum absolute atomic E-state index is 13.2. The molecule has 1 aliphatic heterocycles. The van der Waals surface area contributed by atoms with Crippen LogP contribution in [-0.4, -0.2) is 39.4 Å². The van der Waals surface area contributed by atoms with E-state index >= 15 is 0 Å². The highest BCUT2D eigenvalue weighted by molar-refractivity contribution is 7.88. The van der Waals surface area contributed by atoms with Crippen LogP contribution in [0.15, 0.2) is 54.6 Å². The molecule has 0 saturated carbocycles. The molecule has 29 heavy (non-hydrogen) atoms. The number of anilines is 1. The van der Waals surface area contributed by atoms with Gasteiger partial charge in [-0.3, -0.25) is 9.59 Å². The van der Waals surface area contributed by atoms with Crippen LogP contribution in [0, 0.1) is 0 Å². The molecule has 1 heterocycles. The predicted molar refractivity (Wildman–Crippen MR) is 112 cm³/mol. The molecule has 0 aromatic heterocycles. The zero-order valence-corrected chi connectivity index (χ0v) is 17.1. The van der Waals surface area contributed by atoms with Gasteiger partial charge in [-0.15, -0.1) is 0 Å². The summed E-state index contributed by atoms with van der Waals surface area (Å²) in [5, 5.41) is 2.69. The topological polar surface area (TPSA) is 95.6 Å². The standard InChI is InChI=1S/C21H25N3O4S/c1-2-22-20(25)14-24-19-11-7-6-10-17(19)12-13-18(21(24)26)23-29(27,28)15-16-8-4-3-5-9-16/h3-11,18,23H,2,12-15H2,1H3,(H,22,25). The van der Waals surface area contributed by atoms with Crippen LogP contribution < -0.4 is 14.9 Å². The lowest BCUT2D eigenvalue weighted by Crippen LogP contribution is -2.50. The van der Waals surface area contributed by atoms with E-state index in [2.05, 4.69) is 10.0 Å². The smallest absolute Gasteiger partial charge is 0.245 e. The molecule has 1 unspecified atom stereocenters. The number of likely N-dealkylation sites (N-methyl/N-ethyl adjacent to an activating group) is 1. The zero-order chi connectivity index (χ0) is 20.9. The fourth-order valence-corrected chi connectivity index (χ4v) is 4.80. The Morgan fingerprint density at radius 3 is 2.52 bits per heavy atom. The number of benzene rings is 2. The first kappa shape index (κ1) is 21.0. The maximum Gasteiger partial charge on any atom is 0.245 e. The van der Waals surface area contributed by atoms with E-state index in [1.165, 1.54) is 4.90 Å². The van der Waals surface area contributed by atoms with E-state index < -0.39 is 22.0 Å². The first-order chi connectivity index (χ1) is 13.9. The molecule has 0 aliphatic carbocycles. The Morgan fingerprint density at radius 2 is 1.79 bits per heavy atom. The molecule has 2 amide bonds. The van der Waals surface area contributed by atoms with Crippen LogP contribution in [0.2, 0.25) is 0 Å². The summed E-state index contributed by atoms with van der Waals surface area (Å²) in [4.78, 5) is 26.7. The summed E-state index contributed by atoms with van der Waals surface area (Å²) in [7, 11) is -3.73. The minimum Gasteiger partial charge on any atom is -0.355 e. The van der Waals surface area contributed by atoms with Crippen molar-refractivity contribution in [3.63, 3.8) is 0 Å². The molecule has 2 N–H and O–H groups in total. The zero-order valence-electron chi connectivity index (χ0n) is 16.3. The van der Waals surface area contributed by atoms with Crippen molar-refractivity contribution < 1.29 is 18.0 Å². The summed E-state index contributed by atoms with van der Waals surface area (Å²) in [6, 6.07) is 15.2. The molecule has 0 spiro atoms. The first-order valence-corrected chi connectivity index (χ1v) is 11.2. The Balaban J connectivity index is 1.83. The third-order valence-corrected chi connectivity index (χ3v) is 6.10. The monoisotopic (exact) mass is 415 g/mol. The highest BCUT2D eigenvalue weighted by atomic mass is 32.2. The molecule has 2 aromatic carbocycles. The van der Waals surface area contributed by atoms with E-state index in [1.54, 1.807) is 43.3 Å². The number of aryl methyl sites for hydroxylation is 1. The van der Waals surface area contributed by atoms with Gasteiger partial charge in [-0.25, -0.2) is 13.1 Å². The van der Waals surface area contributed by atoms with Crippen molar-refractivity contribution in [1.82, 2.24) is 10.0 Å². The second kappa shape index (κ2) is 9.19. The number of nitrogens with one attached hydrogen (secondary N) is 2. The van der Waals surface area contributed by atoms with E-state index in [0.29, 0.717) is 30.6 Å². The van der Waals surface area contributed by atoms with Gasteiger partial charge in [-0.05, 0) is 37.0 Å². The summed E-state index contributed by atoms with van der Waals surface area (Å²) >= 11 is 0. The van der Waals surface area contributed by atoms with E-state index in [9.17, 15) is 18.0 Å². The minimum atomic E-state index is -3.73. The Hall–Kier alpha value is -2.71. The number of hydrogen-bond acceptors (Lipinski definition) is 4. The summed E-state index contributed by atoms with van der Waals surface area (Å²) < 4.78 is 27.9. The normalized spacial score (nSPS) is 16.8. The Morgan fingerprint density at radius 1 is 1.10 bits per heavy atom. The van der Waals surface area contributed by atoms with Crippen LogP contribution in [0.3, 0.4) is 0 Å². The maximum atomic E-state index is 13.2. The van der Waals surface area contributed by atoms with Gasteiger partial charge in [-0.1, -0.05) is 48.5 Å². The van der Waals surface area contributed by atoms with Gasteiger partial charge >= 0.3 is 0 Å². The average Bonchev–Trinajstić information content (AvgIpc) is 2.81. The number of para-hydroxylation sites is 1. The molecule has 0 fully saturated rings. The third-order valence-electron chi connectivity index (χ3n) is 4.75. The van der Waals surface area contributed by atoms with Crippen molar-refractivity contribution in [3.05, 3.63) is 65.7 Å². The van der Waals surface area contributed by atoms with Gasteiger partial charge in [0.1, 0.15) is 12.6 Å². The summed E-state index contributed by atoms with van der Waals surface area (Å²) in [6.07, 6.45) is 0.863. The number of amides is 2. The minimum absolute atomic E-state index is 0.152. The van der Waals surface area contributed by atoms with E-state index in [0.717, 1.165) is 5.56 Å². The quantitative estimate of drug-likeness (QED) is 0.718. The van der Waals surface area contributed by atoms with Crippen LogP contribution in [0.25, 0.3) is 0 Å². The highest BCUT2D eigenvalue weighted by Crippen LogP contribution is 2.27. The summed E-state index contributed by atoms with van der Waals surface area (Å²) in [5.41, 5.74) is 2.20. The number of fused-ring (bicyclic) bond motifs is 1. The van der Waals surface area contributed by atoms with Crippen molar-refractivity contribution >= 4 is 27.5 Å². The molecule has 0 saturated heterocycles. The molecule has 3 rings (SSSR count). The molecule has 8 heteroatoms. The van der Waals surface area contributed by atoms with Gasteiger partial charge in [0, 0.05) is 12.2 Å². The van der Waals surface area contributed by atoms with Gasteiger partial charge in [0.05, 0.1) is 5.75 Å². The van der Waals surface area contributed by atoms with Gasteiger partial charge in [0.15, 0.2) is 0 Å². The molecule has 0 radical (unpaired) electrons. The van der Waals surface area contributed by atoms with Crippen LogP contribution in [0.5, 0.6) is 0 Å². The number of hydrogen-bond donors (Lipinski definition) is 2. The van der Waals surface area contributed by atoms with Gasteiger partial charge in [0.2, 0.25) is 21.8 Å². The number of carbonyl (C=O) groups is 2. The second-order valence-electron chi connectivity index (χ2n) is 6.96. The SMILES string of the molecule is CCNC(=O)CN1C(=O)C(NS(=O)(=O)Cc2ccccc2)CCc2ccccc21. The third kappa shape index (κ3) is 5.42. The van der Waals surface area contributed by atoms with Gasteiger partial charge in [-0.2, -0.15) is 0 Å². The Labute approximate surface area is 171 Å². The molecule has 1 atom stereocenters. The van der Waals surface area contributed by atoms with Crippen LogP contribution >= 0.6 is 0 Å². The molecule has 154 valence electrons. The van der Waals surface area contributed by atoms with E-state index in [1.807, 2.05) is 18.2 Å². The Bertz CT molecular complexity index is 976.